The third-order valence-electron chi connectivity index (χ3n) is 4.83. The first-order chi connectivity index (χ1) is 9.09. The van der Waals surface area contributed by atoms with Crippen molar-refractivity contribution in [1.29, 1.82) is 0 Å². The lowest BCUT2D eigenvalue weighted by Gasteiger charge is -2.32. The van der Waals surface area contributed by atoms with Gasteiger partial charge >= 0.3 is 0 Å². The molecule has 2 heteroatoms. The number of benzene rings is 1. The van der Waals surface area contributed by atoms with Crippen LogP contribution in [0.15, 0.2) is 36.7 Å². The number of rotatable bonds is 2. The summed E-state index contributed by atoms with van der Waals surface area (Å²) in [6.07, 6.45) is 7.69. The first-order valence-electron chi connectivity index (χ1n) is 7.18. The molecule has 100 valence electrons. The third-order valence-corrected chi connectivity index (χ3v) is 4.83. The van der Waals surface area contributed by atoms with Gasteiger partial charge in [-0.05, 0) is 35.1 Å². The molecule has 0 spiro atoms. The molecule has 1 heterocycles. The molecule has 1 saturated carbocycles. The predicted octanol–water partition coefficient (Wildman–Crippen LogP) is 4.06. The van der Waals surface area contributed by atoms with Crippen LogP contribution in [0, 0.1) is 11.3 Å². The van der Waals surface area contributed by atoms with Crippen molar-refractivity contribution in [1.82, 2.24) is 4.98 Å². The number of nitrogens with zero attached hydrogens (tertiary/aromatic N) is 1. The number of nitrogens with two attached hydrogens (primary N) is 1. The maximum Gasteiger partial charge on any atom is 0.0350 e. The van der Waals surface area contributed by atoms with Gasteiger partial charge in [-0.15, -0.1) is 0 Å². The molecule has 1 aliphatic rings. The Kier molecular flexibility index (Phi) is 3.06. The Morgan fingerprint density at radius 2 is 2.05 bits per heavy atom. The quantitative estimate of drug-likeness (QED) is 0.877. The van der Waals surface area contributed by atoms with E-state index in [9.17, 15) is 0 Å². The summed E-state index contributed by atoms with van der Waals surface area (Å²) in [7, 11) is 0. The van der Waals surface area contributed by atoms with Crippen molar-refractivity contribution >= 4 is 10.8 Å². The van der Waals surface area contributed by atoms with Crippen LogP contribution in [0.5, 0.6) is 0 Å². The van der Waals surface area contributed by atoms with Crippen molar-refractivity contribution in [3.63, 3.8) is 0 Å². The van der Waals surface area contributed by atoms with E-state index in [0.29, 0.717) is 11.3 Å². The monoisotopic (exact) mass is 254 g/mol. The van der Waals surface area contributed by atoms with E-state index < -0.39 is 0 Å². The molecule has 0 bridgehead atoms. The SMILES string of the molecule is CC1(C)CCCC1C(N)c1cncc2ccccc12. The van der Waals surface area contributed by atoms with Crippen LogP contribution < -0.4 is 5.73 Å². The fourth-order valence-electron chi connectivity index (χ4n) is 3.64. The largest absolute Gasteiger partial charge is 0.324 e. The fraction of sp³-hybridized carbons (Fsp3) is 0.471. The highest BCUT2D eigenvalue weighted by Crippen LogP contribution is 2.48. The van der Waals surface area contributed by atoms with E-state index in [-0.39, 0.29) is 6.04 Å². The highest BCUT2D eigenvalue weighted by atomic mass is 14.7. The van der Waals surface area contributed by atoms with Crippen LogP contribution in [0.3, 0.4) is 0 Å². The Balaban J connectivity index is 2.04. The molecule has 2 nitrogen and oxygen atoms in total. The fourth-order valence-corrected chi connectivity index (χ4v) is 3.64. The van der Waals surface area contributed by atoms with Crippen LogP contribution in [-0.2, 0) is 0 Å². The van der Waals surface area contributed by atoms with Crippen LogP contribution in [0.2, 0.25) is 0 Å². The Labute approximate surface area is 115 Å². The molecule has 0 radical (unpaired) electrons. The topological polar surface area (TPSA) is 38.9 Å². The van der Waals surface area contributed by atoms with Crippen LogP contribution in [0.1, 0.15) is 44.7 Å². The summed E-state index contributed by atoms with van der Waals surface area (Å²) in [5.74, 6) is 0.556. The molecule has 0 amide bonds. The van der Waals surface area contributed by atoms with E-state index in [1.165, 1.54) is 35.6 Å². The lowest BCUT2D eigenvalue weighted by molar-refractivity contribution is 0.222. The van der Waals surface area contributed by atoms with E-state index in [0.717, 1.165) is 0 Å². The average Bonchev–Trinajstić information content (AvgIpc) is 2.77. The Morgan fingerprint density at radius 1 is 1.26 bits per heavy atom. The first kappa shape index (κ1) is 12.6. The third kappa shape index (κ3) is 2.14. The van der Waals surface area contributed by atoms with E-state index in [4.69, 9.17) is 5.73 Å². The molecule has 2 aromatic rings. The molecule has 2 N–H and O–H groups in total. The maximum atomic E-state index is 6.60. The normalized spacial score (nSPS) is 23.6. The van der Waals surface area contributed by atoms with Gasteiger partial charge in [-0.1, -0.05) is 44.5 Å². The Bertz CT molecular complexity index is 583. The molecule has 19 heavy (non-hydrogen) atoms. The van der Waals surface area contributed by atoms with Gasteiger partial charge in [0.25, 0.3) is 0 Å². The minimum absolute atomic E-state index is 0.0936. The molecule has 0 aliphatic heterocycles. The molecular weight excluding hydrogens is 232 g/mol. The molecule has 2 unspecified atom stereocenters. The first-order valence-corrected chi connectivity index (χ1v) is 7.18. The zero-order chi connectivity index (χ0) is 13.5. The second-order valence-corrected chi connectivity index (χ2v) is 6.46. The number of hydrogen-bond acceptors (Lipinski definition) is 2. The number of hydrogen-bond donors (Lipinski definition) is 1. The molecule has 2 atom stereocenters. The summed E-state index contributed by atoms with van der Waals surface area (Å²) in [4.78, 5) is 4.37. The van der Waals surface area contributed by atoms with E-state index >= 15 is 0 Å². The van der Waals surface area contributed by atoms with Gasteiger partial charge in [-0.25, -0.2) is 0 Å². The summed E-state index contributed by atoms with van der Waals surface area (Å²) in [6.45, 7) is 4.70. The van der Waals surface area contributed by atoms with Gasteiger partial charge in [0.05, 0.1) is 0 Å². The van der Waals surface area contributed by atoms with E-state index in [1.807, 2.05) is 12.4 Å². The predicted molar refractivity (Wildman–Crippen MR) is 79.8 cm³/mol. The molecule has 3 rings (SSSR count). The second-order valence-electron chi connectivity index (χ2n) is 6.46. The molecule has 1 aliphatic carbocycles. The summed E-state index contributed by atoms with van der Waals surface area (Å²) < 4.78 is 0. The lowest BCUT2D eigenvalue weighted by Crippen LogP contribution is -2.29. The van der Waals surface area contributed by atoms with Gasteiger partial charge in [0, 0.05) is 23.8 Å². The zero-order valence-corrected chi connectivity index (χ0v) is 11.8. The summed E-state index contributed by atoms with van der Waals surface area (Å²) >= 11 is 0. The molecule has 0 saturated heterocycles. The van der Waals surface area contributed by atoms with Crippen LogP contribution in [0.4, 0.5) is 0 Å². The summed E-state index contributed by atoms with van der Waals surface area (Å²) in [6, 6.07) is 8.50. The highest BCUT2D eigenvalue weighted by molar-refractivity contribution is 5.85. The molecule has 1 fully saturated rings. The zero-order valence-electron chi connectivity index (χ0n) is 11.8. The van der Waals surface area contributed by atoms with Gasteiger partial charge in [0.15, 0.2) is 0 Å². The van der Waals surface area contributed by atoms with Gasteiger partial charge in [-0.3, -0.25) is 4.98 Å². The van der Waals surface area contributed by atoms with Crippen molar-refractivity contribution in [2.24, 2.45) is 17.1 Å². The Hall–Kier alpha value is -1.41. The van der Waals surface area contributed by atoms with Crippen LogP contribution in [0.25, 0.3) is 10.8 Å². The summed E-state index contributed by atoms with van der Waals surface area (Å²) in [5, 5.41) is 2.44. The van der Waals surface area contributed by atoms with Crippen molar-refractivity contribution in [2.45, 2.75) is 39.2 Å². The maximum absolute atomic E-state index is 6.60. The molecule has 1 aromatic heterocycles. The van der Waals surface area contributed by atoms with Crippen molar-refractivity contribution in [2.75, 3.05) is 0 Å². The van der Waals surface area contributed by atoms with Gasteiger partial charge in [0.1, 0.15) is 0 Å². The minimum atomic E-state index is 0.0936. The summed E-state index contributed by atoms with van der Waals surface area (Å²) in [5.41, 5.74) is 8.15. The Morgan fingerprint density at radius 3 is 2.79 bits per heavy atom. The van der Waals surface area contributed by atoms with Crippen molar-refractivity contribution in [3.8, 4) is 0 Å². The van der Waals surface area contributed by atoms with Gasteiger partial charge in [0.2, 0.25) is 0 Å². The minimum Gasteiger partial charge on any atom is -0.324 e. The van der Waals surface area contributed by atoms with Crippen molar-refractivity contribution in [3.05, 3.63) is 42.2 Å². The molecular formula is C17H22N2. The standard InChI is InChI=1S/C17H22N2/c1-17(2)9-5-8-15(17)16(18)14-11-19-10-12-6-3-4-7-13(12)14/h3-4,6-7,10-11,15-16H,5,8-9,18H2,1-2H3. The van der Waals surface area contributed by atoms with E-state index in [1.54, 1.807) is 0 Å². The van der Waals surface area contributed by atoms with Crippen molar-refractivity contribution < 1.29 is 0 Å². The van der Waals surface area contributed by atoms with Crippen LogP contribution in [-0.4, -0.2) is 4.98 Å². The average molecular weight is 254 g/mol. The molecule has 1 aromatic carbocycles. The lowest BCUT2D eigenvalue weighted by atomic mass is 9.75. The van der Waals surface area contributed by atoms with Gasteiger partial charge in [-0.2, -0.15) is 0 Å². The highest BCUT2D eigenvalue weighted by Gasteiger charge is 2.39. The smallest absolute Gasteiger partial charge is 0.0350 e. The number of fused-ring (bicyclic) bond motifs is 1. The second kappa shape index (κ2) is 4.61. The number of pyridine rings is 1. The number of aromatic nitrogens is 1. The van der Waals surface area contributed by atoms with Gasteiger partial charge < -0.3 is 5.73 Å². The van der Waals surface area contributed by atoms with E-state index in [2.05, 4.69) is 43.1 Å². The van der Waals surface area contributed by atoms with Crippen LogP contribution >= 0.6 is 0 Å².